The molecule has 0 fully saturated rings. The largest absolute Gasteiger partial charge is 0.462 e. The number of rotatable bonds is 68. The van der Waals surface area contributed by atoms with Crippen molar-refractivity contribution in [1.82, 2.24) is 0 Å². The first-order chi connectivity index (χ1) is 40.5. The molecule has 0 aliphatic carbocycles. The molecule has 0 saturated carbocycles. The highest BCUT2D eigenvalue weighted by Crippen LogP contribution is 2.18. The van der Waals surface area contributed by atoms with Crippen molar-refractivity contribution in [2.75, 3.05) is 13.2 Å². The van der Waals surface area contributed by atoms with Crippen molar-refractivity contribution in [3.05, 3.63) is 48.6 Å². The molecule has 0 amide bonds. The van der Waals surface area contributed by atoms with Gasteiger partial charge in [0, 0.05) is 19.3 Å². The number of ether oxygens (including phenoxy) is 3. The van der Waals surface area contributed by atoms with Crippen LogP contribution in [0.25, 0.3) is 0 Å². The minimum absolute atomic E-state index is 0.0730. The number of unbranched alkanes of at least 4 members (excludes halogenated alkanes) is 49. The molecular weight excluding hydrogens is 1010 g/mol. The Balaban J connectivity index is 4.30. The maximum atomic E-state index is 13.0. The first-order valence-electron chi connectivity index (χ1n) is 36.6. The highest BCUT2D eigenvalue weighted by atomic mass is 16.6. The van der Waals surface area contributed by atoms with Crippen molar-refractivity contribution in [3.63, 3.8) is 0 Å². The number of hydrogen-bond donors (Lipinski definition) is 0. The van der Waals surface area contributed by atoms with Crippen molar-refractivity contribution >= 4 is 17.9 Å². The molecule has 0 aromatic rings. The van der Waals surface area contributed by atoms with Crippen molar-refractivity contribution in [1.29, 1.82) is 0 Å². The second-order valence-corrected chi connectivity index (χ2v) is 24.8. The zero-order valence-corrected chi connectivity index (χ0v) is 55.3. The molecular formula is C76H140O6. The molecule has 0 rings (SSSR count). The minimum atomic E-state index is -0.779. The standard InChI is InChI=1S/C76H140O6/c1-4-7-10-13-16-19-22-25-28-31-33-35-37-38-40-41-43-45-48-51-54-57-60-63-66-69-75(78)81-72-73(71-80-74(77)68-65-62-59-56-53-50-47-30-27-24-21-18-15-12-9-6-3)82-76(79)70-67-64-61-58-55-52-49-46-44-42-39-36-34-32-29-26-23-20-17-14-11-8-5-2/h23,26,30-34,47,73H,4-22,24-25,27-29,35-46,48-72H2,1-3H3/b26-23-,33-31-,34-32-,47-30-. The molecule has 0 heterocycles. The smallest absolute Gasteiger partial charge is 0.306 e. The highest BCUT2D eigenvalue weighted by molar-refractivity contribution is 5.71. The van der Waals surface area contributed by atoms with E-state index in [0.717, 1.165) is 70.6 Å². The van der Waals surface area contributed by atoms with E-state index < -0.39 is 6.10 Å². The van der Waals surface area contributed by atoms with E-state index >= 15 is 0 Å². The number of carbonyl (C=O) groups is 3. The van der Waals surface area contributed by atoms with Crippen LogP contribution in [0.15, 0.2) is 48.6 Å². The van der Waals surface area contributed by atoms with Gasteiger partial charge in [0.1, 0.15) is 13.2 Å². The summed E-state index contributed by atoms with van der Waals surface area (Å²) in [6.07, 6.45) is 90.0. The van der Waals surface area contributed by atoms with Crippen molar-refractivity contribution in [2.24, 2.45) is 0 Å². The summed E-state index contributed by atoms with van der Waals surface area (Å²) >= 11 is 0. The molecule has 0 aliphatic heterocycles. The molecule has 1 atom stereocenters. The van der Waals surface area contributed by atoms with Crippen LogP contribution in [0.2, 0.25) is 0 Å². The predicted molar refractivity (Wildman–Crippen MR) is 358 cm³/mol. The van der Waals surface area contributed by atoms with Gasteiger partial charge in [0.2, 0.25) is 0 Å². The second kappa shape index (κ2) is 70.9. The van der Waals surface area contributed by atoms with Gasteiger partial charge in [-0.15, -0.1) is 0 Å². The lowest BCUT2D eigenvalue weighted by Crippen LogP contribution is -2.30. The third-order valence-electron chi connectivity index (χ3n) is 16.5. The van der Waals surface area contributed by atoms with Crippen LogP contribution >= 0.6 is 0 Å². The van der Waals surface area contributed by atoms with E-state index in [1.807, 2.05) is 0 Å². The number of hydrogen-bond acceptors (Lipinski definition) is 6. The van der Waals surface area contributed by atoms with Crippen molar-refractivity contribution in [3.8, 4) is 0 Å². The summed E-state index contributed by atoms with van der Waals surface area (Å²) in [5.41, 5.74) is 0. The SMILES string of the molecule is CCCCCCC/C=C\C/C=C\CCCCCCCCCCCCCC(=O)OC(COC(=O)CCCCCCC/C=C\CCCCCCCCC)COC(=O)CCCCCCCCCCCCCCC/C=C\CCCCCCCCCC. The van der Waals surface area contributed by atoms with Crippen LogP contribution in [0.5, 0.6) is 0 Å². The Morgan fingerprint density at radius 1 is 0.244 bits per heavy atom. The van der Waals surface area contributed by atoms with Crippen LogP contribution in [0, 0.1) is 0 Å². The van der Waals surface area contributed by atoms with E-state index in [9.17, 15) is 14.4 Å². The predicted octanol–water partition coefficient (Wildman–Crippen LogP) is 25.3. The number of esters is 3. The van der Waals surface area contributed by atoms with Crippen LogP contribution in [-0.4, -0.2) is 37.2 Å². The Hall–Kier alpha value is -2.63. The quantitative estimate of drug-likeness (QED) is 0.0261. The Morgan fingerprint density at radius 2 is 0.439 bits per heavy atom. The third kappa shape index (κ3) is 68.2. The van der Waals surface area contributed by atoms with Gasteiger partial charge < -0.3 is 14.2 Å². The van der Waals surface area contributed by atoms with Gasteiger partial charge in [-0.1, -0.05) is 326 Å². The van der Waals surface area contributed by atoms with Gasteiger partial charge in [0.25, 0.3) is 0 Å². The lowest BCUT2D eigenvalue weighted by Gasteiger charge is -2.18. The molecule has 480 valence electrons. The van der Waals surface area contributed by atoms with Crippen LogP contribution in [0.3, 0.4) is 0 Å². The van der Waals surface area contributed by atoms with Gasteiger partial charge in [0.15, 0.2) is 6.10 Å². The maximum absolute atomic E-state index is 13.0. The lowest BCUT2D eigenvalue weighted by molar-refractivity contribution is -0.167. The fourth-order valence-electron chi connectivity index (χ4n) is 11.0. The molecule has 82 heavy (non-hydrogen) atoms. The van der Waals surface area contributed by atoms with Gasteiger partial charge in [-0.05, 0) is 103 Å². The summed E-state index contributed by atoms with van der Waals surface area (Å²) in [5.74, 6) is -0.857. The highest BCUT2D eigenvalue weighted by Gasteiger charge is 2.19. The zero-order chi connectivity index (χ0) is 59.2. The van der Waals surface area contributed by atoms with Crippen LogP contribution in [-0.2, 0) is 28.6 Å². The van der Waals surface area contributed by atoms with E-state index in [4.69, 9.17) is 14.2 Å². The molecule has 0 saturated heterocycles. The van der Waals surface area contributed by atoms with Crippen LogP contribution < -0.4 is 0 Å². The third-order valence-corrected chi connectivity index (χ3v) is 16.5. The van der Waals surface area contributed by atoms with E-state index in [1.165, 1.54) is 289 Å². The first-order valence-corrected chi connectivity index (χ1v) is 36.6. The summed E-state index contributed by atoms with van der Waals surface area (Å²) in [6.45, 7) is 6.69. The molecule has 0 N–H and O–H groups in total. The average molecular weight is 1150 g/mol. The Kier molecular flexibility index (Phi) is 68.6. The van der Waals surface area contributed by atoms with Crippen molar-refractivity contribution < 1.29 is 28.6 Å². The maximum Gasteiger partial charge on any atom is 0.306 e. The number of carbonyl (C=O) groups excluding carboxylic acids is 3. The van der Waals surface area contributed by atoms with E-state index in [-0.39, 0.29) is 31.1 Å². The fourth-order valence-corrected chi connectivity index (χ4v) is 11.0. The number of allylic oxidation sites excluding steroid dienone is 8. The summed E-state index contributed by atoms with van der Waals surface area (Å²) in [5, 5.41) is 0. The topological polar surface area (TPSA) is 78.9 Å². The summed E-state index contributed by atoms with van der Waals surface area (Å²) in [7, 11) is 0. The zero-order valence-electron chi connectivity index (χ0n) is 55.3. The molecule has 0 aromatic heterocycles. The summed E-state index contributed by atoms with van der Waals surface area (Å²) in [4.78, 5) is 38.5. The lowest BCUT2D eigenvalue weighted by atomic mass is 10.0. The molecule has 0 radical (unpaired) electrons. The Bertz CT molecular complexity index is 1410. The minimum Gasteiger partial charge on any atom is -0.462 e. The molecule has 0 aliphatic rings. The molecule has 0 aromatic carbocycles. The molecule has 6 heteroatoms. The summed E-state index contributed by atoms with van der Waals surface area (Å²) in [6, 6.07) is 0. The molecule has 0 bridgehead atoms. The summed E-state index contributed by atoms with van der Waals surface area (Å²) < 4.78 is 17.0. The Morgan fingerprint density at radius 3 is 0.683 bits per heavy atom. The van der Waals surface area contributed by atoms with E-state index in [0.29, 0.717) is 19.3 Å². The van der Waals surface area contributed by atoms with Crippen LogP contribution in [0.1, 0.15) is 400 Å². The molecule has 1 unspecified atom stereocenters. The molecule has 6 nitrogen and oxygen atoms in total. The van der Waals surface area contributed by atoms with Gasteiger partial charge >= 0.3 is 17.9 Å². The normalized spacial score (nSPS) is 12.3. The fraction of sp³-hybridized carbons (Fsp3) is 0.855. The Labute approximate surface area is 511 Å². The van der Waals surface area contributed by atoms with Crippen LogP contribution in [0.4, 0.5) is 0 Å². The van der Waals surface area contributed by atoms with Gasteiger partial charge in [-0.3, -0.25) is 14.4 Å². The van der Waals surface area contributed by atoms with Gasteiger partial charge in [0.05, 0.1) is 0 Å². The van der Waals surface area contributed by atoms with Crippen molar-refractivity contribution in [2.45, 2.75) is 406 Å². The van der Waals surface area contributed by atoms with Gasteiger partial charge in [-0.25, -0.2) is 0 Å². The molecule has 0 spiro atoms. The van der Waals surface area contributed by atoms with E-state index in [2.05, 4.69) is 69.4 Å². The first kappa shape index (κ1) is 79.4. The van der Waals surface area contributed by atoms with Gasteiger partial charge in [-0.2, -0.15) is 0 Å². The van der Waals surface area contributed by atoms with E-state index in [1.54, 1.807) is 0 Å². The second-order valence-electron chi connectivity index (χ2n) is 24.8. The average Bonchev–Trinajstić information content (AvgIpc) is 3.47. The monoisotopic (exact) mass is 1150 g/mol.